The standard InChI is InChI=1S/C7H12N2O4/c1-13-7(12)9-2-4(6(10)11)5(8)3-9/h4-5H,2-3,8H2,1H3,(H,10,11)/p-1. The van der Waals surface area contributed by atoms with E-state index in [2.05, 4.69) is 4.74 Å². The maximum Gasteiger partial charge on any atom is 0.409 e. The number of likely N-dealkylation sites (tertiary alicyclic amines) is 1. The first kappa shape index (κ1) is 9.79. The zero-order valence-electron chi connectivity index (χ0n) is 7.23. The summed E-state index contributed by atoms with van der Waals surface area (Å²) in [4.78, 5) is 22.7. The van der Waals surface area contributed by atoms with Crippen molar-refractivity contribution in [2.45, 2.75) is 6.04 Å². The van der Waals surface area contributed by atoms with Gasteiger partial charge in [0.1, 0.15) is 0 Å². The Morgan fingerprint density at radius 3 is 2.54 bits per heavy atom. The van der Waals surface area contributed by atoms with Gasteiger partial charge in [0, 0.05) is 31.0 Å². The predicted molar refractivity (Wildman–Crippen MR) is 40.5 cm³/mol. The van der Waals surface area contributed by atoms with E-state index in [1.54, 1.807) is 0 Å². The number of hydrogen-bond acceptors (Lipinski definition) is 5. The smallest absolute Gasteiger partial charge is 0.409 e. The van der Waals surface area contributed by atoms with Gasteiger partial charge in [0.15, 0.2) is 0 Å². The fourth-order valence-corrected chi connectivity index (χ4v) is 1.36. The molecule has 2 atom stereocenters. The highest BCUT2D eigenvalue weighted by Gasteiger charge is 2.34. The van der Waals surface area contributed by atoms with Crippen molar-refractivity contribution in [2.75, 3.05) is 20.2 Å². The van der Waals surface area contributed by atoms with Gasteiger partial charge in [-0.2, -0.15) is 0 Å². The Kier molecular flexibility index (Phi) is 2.72. The monoisotopic (exact) mass is 187 g/mol. The molecule has 0 spiro atoms. The normalized spacial score (nSPS) is 27.4. The first-order valence-corrected chi connectivity index (χ1v) is 3.85. The molecule has 2 unspecified atom stereocenters. The molecule has 0 saturated carbocycles. The summed E-state index contributed by atoms with van der Waals surface area (Å²) in [7, 11) is 1.24. The molecule has 1 rings (SSSR count). The van der Waals surface area contributed by atoms with Crippen molar-refractivity contribution >= 4 is 12.1 Å². The third-order valence-corrected chi connectivity index (χ3v) is 2.10. The number of nitrogens with two attached hydrogens (primary N) is 1. The highest BCUT2D eigenvalue weighted by Crippen LogP contribution is 2.15. The Morgan fingerprint density at radius 2 is 2.15 bits per heavy atom. The molecule has 1 saturated heterocycles. The lowest BCUT2D eigenvalue weighted by Crippen LogP contribution is -2.41. The van der Waals surface area contributed by atoms with Crippen molar-refractivity contribution in [1.29, 1.82) is 0 Å². The number of ether oxygens (including phenoxy) is 1. The zero-order chi connectivity index (χ0) is 10.0. The maximum absolute atomic E-state index is 11.0. The highest BCUT2D eigenvalue weighted by molar-refractivity contribution is 5.73. The topological polar surface area (TPSA) is 95.7 Å². The molecular formula is C7H11N2O4-. The Balaban J connectivity index is 2.59. The van der Waals surface area contributed by atoms with Crippen molar-refractivity contribution < 1.29 is 19.4 Å². The van der Waals surface area contributed by atoms with Crippen molar-refractivity contribution in [3.05, 3.63) is 0 Å². The van der Waals surface area contributed by atoms with Crippen LogP contribution < -0.4 is 10.8 Å². The van der Waals surface area contributed by atoms with Crippen molar-refractivity contribution in [3.63, 3.8) is 0 Å². The summed E-state index contributed by atoms with van der Waals surface area (Å²) in [5.74, 6) is -2.02. The quantitative estimate of drug-likeness (QED) is 0.500. The summed E-state index contributed by atoms with van der Waals surface area (Å²) in [6, 6.07) is -0.566. The number of aliphatic carboxylic acids is 1. The van der Waals surface area contributed by atoms with Gasteiger partial charge < -0.3 is 25.3 Å². The van der Waals surface area contributed by atoms with Crippen LogP contribution in [0, 0.1) is 5.92 Å². The molecule has 1 heterocycles. The molecule has 1 fully saturated rings. The molecule has 1 aliphatic rings. The Morgan fingerprint density at radius 1 is 1.54 bits per heavy atom. The zero-order valence-corrected chi connectivity index (χ0v) is 7.23. The minimum Gasteiger partial charge on any atom is -0.550 e. The molecule has 0 aromatic heterocycles. The second-order valence-electron chi connectivity index (χ2n) is 2.96. The summed E-state index contributed by atoms with van der Waals surface area (Å²) in [5, 5.41) is 10.5. The lowest BCUT2D eigenvalue weighted by molar-refractivity contribution is -0.311. The minimum absolute atomic E-state index is 0.0656. The summed E-state index contributed by atoms with van der Waals surface area (Å²) in [6.07, 6.45) is -0.556. The second kappa shape index (κ2) is 3.61. The molecule has 0 radical (unpaired) electrons. The largest absolute Gasteiger partial charge is 0.550 e. The number of carbonyl (C=O) groups is 2. The van der Waals surface area contributed by atoms with Gasteiger partial charge in [-0.25, -0.2) is 4.79 Å². The van der Waals surface area contributed by atoms with Gasteiger partial charge >= 0.3 is 6.09 Å². The number of hydrogen-bond donors (Lipinski definition) is 1. The van der Waals surface area contributed by atoms with Crippen molar-refractivity contribution in [2.24, 2.45) is 11.7 Å². The molecular weight excluding hydrogens is 176 g/mol. The van der Waals surface area contributed by atoms with E-state index in [1.165, 1.54) is 12.0 Å². The average Bonchev–Trinajstić information content (AvgIpc) is 2.46. The SMILES string of the molecule is COC(=O)N1CC(N)C(C(=O)[O-])C1. The molecule has 0 aromatic rings. The van der Waals surface area contributed by atoms with Gasteiger partial charge in [0.2, 0.25) is 0 Å². The molecule has 0 aromatic carbocycles. The van der Waals surface area contributed by atoms with Crippen LogP contribution in [0.15, 0.2) is 0 Å². The van der Waals surface area contributed by atoms with E-state index in [0.717, 1.165) is 0 Å². The van der Waals surface area contributed by atoms with E-state index < -0.39 is 24.0 Å². The van der Waals surface area contributed by atoms with Crippen molar-refractivity contribution in [1.82, 2.24) is 4.90 Å². The van der Waals surface area contributed by atoms with Crippen LogP contribution in [-0.4, -0.2) is 43.2 Å². The summed E-state index contributed by atoms with van der Waals surface area (Å²) in [5.41, 5.74) is 5.49. The molecule has 74 valence electrons. The van der Waals surface area contributed by atoms with Crippen LogP contribution >= 0.6 is 0 Å². The molecule has 6 heteroatoms. The van der Waals surface area contributed by atoms with Crippen LogP contribution in [0.1, 0.15) is 0 Å². The summed E-state index contributed by atoms with van der Waals surface area (Å²) in [6.45, 7) is 0.265. The fourth-order valence-electron chi connectivity index (χ4n) is 1.36. The minimum atomic E-state index is -1.22. The Labute approximate surface area is 75.3 Å². The van der Waals surface area contributed by atoms with Gasteiger partial charge in [-0.3, -0.25) is 0 Å². The van der Waals surface area contributed by atoms with E-state index in [1.807, 2.05) is 0 Å². The first-order valence-electron chi connectivity index (χ1n) is 3.85. The predicted octanol–water partition coefficient (Wildman–Crippen LogP) is -2.24. The average molecular weight is 187 g/mol. The molecule has 2 N–H and O–H groups in total. The molecule has 1 aliphatic heterocycles. The van der Waals surface area contributed by atoms with Crippen LogP contribution in [0.25, 0.3) is 0 Å². The molecule has 1 amide bonds. The Bertz CT molecular complexity index is 231. The van der Waals surface area contributed by atoms with E-state index in [-0.39, 0.29) is 13.1 Å². The second-order valence-corrected chi connectivity index (χ2v) is 2.96. The van der Waals surface area contributed by atoms with Crippen LogP contribution in [0.5, 0.6) is 0 Å². The molecule has 13 heavy (non-hydrogen) atoms. The fraction of sp³-hybridized carbons (Fsp3) is 0.714. The maximum atomic E-state index is 11.0. The molecule has 0 aliphatic carbocycles. The molecule has 0 bridgehead atoms. The van der Waals surface area contributed by atoms with E-state index in [9.17, 15) is 14.7 Å². The third-order valence-electron chi connectivity index (χ3n) is 2.10. The van der Waals surface area contributed by atoms with Crippen LogP contribution in [0.4, 0.5) is 4.79 Å². The van der Waals surface area contributed by atoms with Crippen LogP contribution in [0.3, 0.4) is 0 Å². The lowest BCUT2D eigenvalue weighted by Gasteiger charge is -2.14. The number of amides is 1. The van der Waals surface area contributed by atoms with Crippen LogP contribution in [0.2, 0.25) is 0 Å². The van der Waals surface area contributed by atoms with Crippen LogP contribution in [-0.2, 0) is 9.53 Å². The number of rotatable bonds is 1. The number of carbonyl (C=O) groups excluding carboxylic acids is 2. The Hall–Kier alpha value is -1.30. The van der Waals surface area contributed by atoms with Gasteiger partial charge in [-0.15, -0.1) is 0 Å². The van der Waals surface area contributed by atoms with E-state index in [4.69, 9.17) is 5.73 Å². The van der Waals surface area contributed by atoms with Gasteiger partial charge in [0.25, 0.3) is 0 Å². The van der Waals surface area contributed by atoms with Gasteiger partial charge in [0.05, 0.1) is 7.11 Å². The summed E-state index contributed by atoms with van der Waals surface area (Å²) >= 11 is 0. The lowest BCUT2D eigenvalue weighted by atomic mass is 10.1. The third kappa shape index (κ3) is 1.89. The van der Waals surface area contributed by atoms with E-state index in [0.29, 0.717) is 0 Å². The van der Waals surface area contributed by atoms with Gasteiger partial charge in [-0.1, -0.05) is 0 Å². The number of carboxylic acids is 1. The van der Waals surface area contributed by atoms with Gasteiger partial charge in [-0.05, 0) is 0 Å². The van der Waals surface area contributed by atoms with Crippen molar-refractivity contribution in [3.8, 4) is 0 Å². The first-order chi connectivity index (χ1) is 6.06. The molecule has 6 nitrogen and oxygen atoms in total. The number of carboxylic acid groups (broad SMARTS) is 1. The summed E-state index contributed by atoms with van der Waals surface area (Å²) < 4.78 is 4.43. The number of methoxy groups -OCH3 is 1. The van der Waals surface area contributed by atoms with E-state index >= 15 is 0 Å². The number of nitrogens with zero attached hydrogens (tertiary/aromatic N) is 1. The highest BCUT2D eigenvalue weighted by atomic mass is 16.5.